The van der Waals surface area contributed by atoms with E-state index in [1.807, 2.05) is 0 Å². The van der Waals surface area contributed by atoms with Crippen LogP contribution >= 0.6 is 0 Å². The molecule has 1 heteroatoms. The van der Waals surface area contributed by atoms with Gasteiger partial charge in [0.25, 0.3) is 0 Å². The predicted molar refractivity (Wildman–Crippen MR) is 35.9 cm³/mol. The van der Waals surface area contributed by atoms with Crippen molar-refractivity contribution in [1.82, 2.24) is 5.32 Å². The quantitative estimate of drug-likeness (QED) is 0.542. The molecule has 48 valence electrons. The zero-order valence-corrected chi connectivity index (χ0v) is 5.78. The van der Waals surface area contributed by atoms with Crippen LogP contribution in [0, 0.1) is 5.92 Å². The molecule has 0 bridgehead atoms. The molecule has 2 unspecified atom stereocenters. The number of hydrogen-bond acceptors (Lipinski definition) is 1. The van der Waals surface area contributed by atoms with Gasteiger partial charge >= 0.3 is 0 Å². The molecule has 0 aromatic heterocycles. The van der Waals surface area contributed by atoms with Crippen molar-refractivity contribution in [1.29, 1.82) is 0 Å². The minimum absolute atomic E-state index is 0.815. The Bertz CT molecular complexity index is 70.8. The van der Waals surface area contributed by atoms with Gasteiger partial charge in [0, 0.05) is 6.04 Å². The zero-order valence-electron chi connectivity index (χ0n) is 5.78. The van der Waals surface area contributed by atoms with Crippen molar-refractivity contribution in [3.63, 3.8) is 0 Å². The Kier molecular flexibility index (Phi) is 1.90. The molecule has 0 amide bonds. The molecule has 1 aliphatic carbocycles. The molecule has 1 saturated carbocycles. The van der Waals surface area contributed by atoms with Crippen LogP contribution in [0.25, 0.3) is 0 Å². The summed E-state index contributed by atoms with van der Waals surface area (Å²) >= 11 is 0. The summed E-state index contributed by atoms with van der Waals surface area (Å²) in [5.74, 6) is 0.917. The van der Waals surface area contributed by atoms with Crippen molar-refractivity contribution in [2.45, 2.75) is 32.2 Å². The summed E-state index contributed by atoms with van der Waals surface area (Å²) in [5.41, 5.74) is 0. The third kappa shape index (κ3) is 1.03. The fraction of sp³-hybridized carbons (Fsp3) is 1.00. The molecule has 0 aromatic rings. The molecule has 1 nitrogen and oxygen atoms in total. The van der Waals surface area contributed by atoms with Gasteiger partial charge in [-0.2, -0.15) is 0 Å². The van der Waals surface area contributed by atoms with E-state index in [0.717, 1.165) is 12.0 Å². The van der Waals surface area contributed by atoms with Gasteiger partial charge in [-0.05, 0) is 25.8 Å². The highest BCUT2D eigenvalue weighted by Crippen LogP contribution is 2.23. The van der Waals surface area contributed by atoms with E-state index in [4.69, 9.17) is 0 Å². The largest absolute Gasteiger partial charge is 0.317 e. The highest BCUT2D eigenvalue weighted by atomic mass is 14.9. The van der Waals surface area contributed by atoms with E-state index in [1.165, 1.54) is 19.3 Å². The number of rotatable bonds is 1. The molecule has 0 spiro atoms. The van der Waals surface area contributed by atoms with Gasteiger partial charge in [-0.25, -0.2) is 0 Å². The summed E-state index contributed by atoms with van der Waals surface area (Å²) in [6.07, 6.45) is 4.23. The van der Waals surface area contributed by atoms with Crippen LogP contribution in [0.4, 0.5) is 0 Å². The topological polar surface area (TPSA) is 12.0 Å². The molecular formula is C7H15N. The van der Waals surface area contributed by atoms with Crippen LogP contribution < -0.4 is 5.32 Å². The maximum absolute atomic E-state index is 3.31. The Labute approximate surface area is 51.5 Å². The van der Waals surface area contributed by atoms with Crippen molar-refractivity contribution in [3.8, 4) is 0 Å². The van der Waals surface area contributed by atoms with Gasteiger partial charge in [-0.15, -0.1) is 0 Å². The van der Waals surface area contributed by atoms with E-state index in [9.17, 15) is 0 Å². The van der Waals surface area contributed by atoms with Gasteiger partial charge in [0.05, 0.1) is 0 Å². The second kappa shape index (κ2) is 2.49. The predicted octanol–water partition coefficient (Wildman–Crippen LogP) is 1.39. The van der Waals surface area contributed by atoms with Crippen LogP contribution in [-0.4, -0.2) is 13.1 Å². The summed E-state index contributed by atoms with van der Waals surface area (Å²) < 4.78 is 0. The molecule has 0 aliphatic heterocycles. The Morgan fingerprint density at radius 2 is 2.12 bits per heavy atom. The highest BCUT2D eigenvalue weighted by molar-refractivity contribution is 4.78. The van der Waals surface area contributed by atoms with Crippen molar-refractivity contribution in [3.05, 3.63) is 0 Å². The Hall–Kier alpha value is -0.0400. The molecule has 1 N–H and O–H groups in total. The van der Waals surface area contributed by atoms with Crippen molar-refractivity contribution in [2.75, 3.05) is 7.05 Å². The molecule has 1 rings (SSSR count). The monoisotopic (exact) mass is 113 g/mol. The Morgan fingerprint density at radius 1 is 1.38 bits per heavy atom. The first-order valence-electron chi connectivity index (χ1n) is 3.52. The molecular weight excluding hydrogens is 98.1 g/mol. The van der Waals surface area contributed by atoms with E-state index in [2.05, 4.69) is 19.3 Å². The summed E-state index contributed by atoms with van der Waals surface area (Å²) in [5, 5.41) is 3.31. The van der Waals surface area contributed by atoms with Crippen LogP contribution in [-0.2, 0) is 0 Å². The first kappa shape index (κ1) is 6.09. The molecule has 2 atom stereocenters. The van der Waals surface area contributed by atoms with Crippen molar-refractivity contribution in [2.24, 2.45) is 5.92 Å². The molecule has 1 fully saturated rings. The lowest BCUT2D eigenvalue weighted by molar-refractivity contribution is 0.459. The second-order valence-corrected chi connectivity index (χ2v) is 2.80. The highest BCUT2D eigenvalue weighted by Gasteiger charge is 2.20. The normalized spacial score (nSPS) is 38.2. The second-order valence-electron chi connectivity index (χ2n) is 2.80. The summed E-state index contributed by atoms with van der Waals surface area (Å²) in [6, 6.07) is 0.815. The SMILES string of the molecule is CNC1CCCC1C. The van der Waals surface area contributed by atoms with Crippen LogP contribution in [0.1, 0.15) is 26.2 Å². The maximum Gasteiger partial charge on any atom is 0.00896 e. The zero-order chi connectivity index (χ0) is 5.98. The summed E-state index contributed by atoms with van der Waals surface area (Å²) in [4.78, 5) is 0. The fourth-order valence-corrected chi connectivity index (χ4v) is 1.57. The lowest BCUT2D eigenvalue weighted by Gasteiger charge is -2.12. The van der Waals surface area contributed by atoms with E-state index < -0.39 is 0 Å². The van der Waals surface area contributed by atoms with E-state index in [0.29, 0.717) is 0 Å². The molecule has 8 heavy (non-hydrogen) atoms. The van der Waals surface area contributed by atoms with Gasteiger partial charge in [-0.1, -0.05) is 13.3 Å². The summed E-state index contributed by atoms with van der Waals surface area (Å²) in [6.45, 7) is 2.33. The average molecular weight is 113 g/mol. The molecule has 0 aromatic carbocycles. The first-order valence-corrected chi connectivity index (χ1v) is 3.52. The smallest absolute Gasteiger partial charge is 0.00896 e. The molecule has 1 aliphatic rings. The minimum Gasteiger partial charge on any atom is -0.317 e. The fourth-order valence-electron chi connectivity index (χ4n) is 1.57. The van der Waals surface area contributed by atoms with E-state index in [1.54, 1.807) is 0 Å². The maximum atomic E-state index is 3.31. The van der Waals surface area contributed by atoms with Gasteiger partial charge < -0.3 is 5.32 Å². The van der Waals surface area contributed by atoms with Gasteiger partial charge in [0.2, 0.25) is 0 Å². The summed E-state index contributed by atoms with van der Waals surface area (Å²) in [7, 11) is 2.06. The van der Waals surface area contributed by atoms with Crippen LogP contribution in [0.3, 0.4) is 0 Å². The lowest BCUT2D eigenvalue weighted by atomic mass is 10.1. The third-order valence-electron chi connectivity index (χ3n) is 2.23. The van der Waals surface area contributed by atoms with E-state index in [-0.39, 0.29) is 0 Å². The molecule has 0 saturated heterocycles. The third-order valence-corrected chi connectivity index (χ3v) is 2.23. The van der Waals surface area contributed by atoms with Crippen LogP contribution in [0.2, 0.25) is 0 Å². The first-order chi connectivity index (χ1) is 3.84. The van der Waals surface area contributed by atoms with Crippen LogP contribution in [0.5, 0.6) is 0 Å². The lowest BCUT2D eigenvalue weighted by Crippen LogP contribution is -2.26. The number of hydrogen-bond donors (Lipinski definition) is 1. The van der Waals surface area contributed by atoms with Crippen molar-refractivity contribution >= 4 is 0 Å². The van der Waals surface area contributed by atoms with E-state index >= 15 is 0 Å². The Morgan fingerprint density at radius 3 is 2.38 bits per heavy atom. The van der Waals surface area contributed by atoms with Gasteiger partial charge in [0.15, 0.2) is 0 Å². The standard InChI is InChI=1S/C7H15N/c1-6-4-3-5-7(6)8-2/h6-8H,3-5H2,1-2H3. The van der Waals surface area contributed by atoms with Crippen LogP contribution in [0.15, 0.2) is 0 Å². The molecule has 0 heterocycles. The van der Waals surface area contributed by atoms with Crippen molar-refractivity contribution < 1.29 is 0 Å². The number of nitrogens with one attached hydrogen (secondary N) is 1. The molecule has 0 radical (unpaired) electrons. The average Bonchev–Trinajstić information content (AvgIpc) is 2.14. The van der Waals surface area contributed by atoms with Gasteiger partial charge in [-0.3, -0.25) is 0 Å². The Balaban J connectivity index is 2.30. The minimum atomic E-state index is 0.815. The van der Waals surface area contributed by atoms with Gasteiger partial charge in [0.1, 0.15) is 0 Å².